The molecule has 2 aliphatic rings. The number of likely N-dealkylation sites (tertiary alicyclic amines) is 1. The number of piperidine rings is 2. The fourth-order valence-corrected chi connectivity index (χ4v) is 7.72. The summed E-state index contributed by atoms with van der Waals surface area (Å²) in [5.74, 6) is -0.727. The normalized spacial score (nSPS) is 14.7. The van der Waals surface area contributed by atoms with Crippen molar-refractivity contribution in [1.82, 2.24) is 15.1 Å². The maximum absolute atomic E-state index is 13.8. The highest BCUT2D eigenvalue weighted by Gasteiger charge is 2.38. The van der Waals surface area contributed by atoms with Gasteiger partial charge in [-0.2, -0.15) is 13.2 Å². The Hall–Kier alpha value is -5.69. The Bertz CT molecular complexity index is 2030. The van der Waals surface area contributed by atoms with Crippen LogP contribution in [0.5, 0.6) is 5.75 Å². The summed E-state index contributed by atoms with van der Waals surface area (Å²) >= 11 is 0. The van der Waals surface area contributed by atoms with Gasteiger partial charge in [0.05, 0.1) is 26.2 Å². The number of nitrogens with one attached hydrogen (secondary N) is 1. The molecule has 0 radical (unpaired) electrons. The predicted molar refractivity (Wildman–Crippen MR) is 222 cm³/mol. The summed E-state index contributed by atoms with van der Waals surface area (Å²) in [6, 6.07) is 30.8. The highest BCUT2D eigenvalue weighted by Crippen LogP contribution is 2.28. The number of hydrogen-bond acceptors (Lipinski definition) is 7. The van der Waals surface area contributed by atoms with Crippen LogP contribution in [0.1, 0.15) is 82.4 Å². The van der Waals surface area contributed by atoms with Crippen molar-refractivity contribution >= 4 is 23.8 Å². The average molecular weight is 830 g/mol. The number of methoxy groups -OCH3 is 2. The molecule has 2 amide bonds. The molecule has 10 nitrogen and oxygen atoms in total. The molecule has 0 unspecified atom stereocenters. The fraction of sp³-hybridized carbons (Fsp3) is 0.404. The molecule has 13 heteroatoms. The predicted octanol–water partition coefficient (Wildman–Crippen LogP) is 8.58. The molecule has 4 aromatic rings. The van der Waals surface area contributed by atoms with E-state index in [-0.39, 0.29) is 18.2 Å². The van der Waals surface area contributed by atoms with Crippen LogP contribution in [0, 0.1) is 11.8 Å². The molecule has 320 valence electrons. The topological polar surface area (TPSA) is 125 Å². The van der Waals surface area contributed by atoms with Crippen LogP contribution >= 0.6 is 0 Å². The van der Waals surface area contributed by atoms with E-state index in [1.54, 1.807) is 19.2 Å². The van der Waals surface area contributed by atoms with Crippen molar-refractivity contribution in [2.24, 2.45) is 11.8 Å². The van der Waals surface area contributed by atoms with Crippen LogP contribution in [-0.4, -0.2) is 85.2 Å². The van der Waals surface area contributed by atoms with E-state index in [0.29, 0.717) is 24.2 Å². The third kappa shape index (κ3) is 13.7. The quantitative estimate of drug-likeness (QED) is 0.121. The van der Waals surface area contributed by atoms with Crippen LogP contribution in [-0.2, 0) is 33.8 Å². The number of amides is 2. The van der Waals surface area contributed by atoms with Crippen LogP contribution in [0.4, 0.5) is 13.2 Å². The van der Waals surface area contributed by atoms with Crippen molar-refractivity contribution in [2.75, 3.05) is 40.4 Å². The number of rotatable bonds is 14. The van der Waals surface area contributed by atoms with E-state index in [2.05, 4.69) is 17.4 Å². The van der Waals surface area contributed by atoms with Gasteiger partial charge < -0.3 is 29.7 Å². The minimum atomic E-state index is -5.08. The zero-order chi connectivity index (χ0) is 43.1. The monoisotopic (exact) mass is 829 g/mol. The lowest BCUT2D eigenvalue weighted by Crippen LogP contribution is -2.38. The number of esters is 1. The van der Waals surface area contributed by atoms with Gasteiger partial charge in [-0.1, -0.05) is 73.9 Å². The van der Waals surface area contributed by atoms with E-state index in [1.165, 1.54) is 52.3 Å². The van der Waals surface area contributed by atoms with E-state index in [0.717, 1.165) is 71.3 Å². The maximum atomic E-state index is 13.8. The van der Waals surface area contributed by atoms with Crippen LogP contribution in [0.3, 0.4) is 0 Å². The smallest absolute Gasteiger partial charge is 0.490 e. The second-order valence-corrected chi connectivity index (χ2v) is 15.4. The summed E-state index contributed by atoms with van der Waals surface area (Å²) in [5, 5.41) is 10.6. The Balaban J connectivity index is 0.000000896. The van der Waals surface area contributed by atoms with Gasteiger partial charge >= 0.3 is 18.1 Å². The number of alkyl halides is 3. The molecule has 0 saturated carbocycles. The van der Waals surface area contributed by atoms with Crippen molar-refractivity contribution in [3.8, 4) is 16.9 Å². The molecule has 2 fully saturated rings. The molecule has 2 aliphatic heterocycles. The third-order valence-electron chi connectivity index (χ3n) is 11.2. The number of carboxylic acids is 1. The SMILES string of the molecule is COC(=O)c1ccc(CN(Cc2cccc(-c3cccc(C(=O)N4CCC(CCCC5CCNCC5)CC4)c3)c2)C(=O)Cc2ccc(OC)cc2)cc1.O=C(O)C(F)(F)F. The number of benzene rings is 4. The minimum absolute atomic E-state index is 0.0178. The zero-order valence-electron chi connectivity index (χ0n) is 34.2. The first kappa shape index (κ1) is 45.4. The molecule has 0 spiro atoms. The molecule has 60 heavy (non-hydrogen) atoms. The van der Waals surface area contributed by atoms with E-state index >= 15 is 0 Å². The van der Waals surface area contributed by atoms with Crippen LogP contribution in [0.15, 0.2) is 97.1 Å². The number of carbonyl (C=O) groups is 4. The number of aliphatic carboxylic acids is 1. The van der Waals surface area contributed by atoms with Crippen molar-refractivity contribution in [1.29, 1.82) is 0 Å². The van der Waals surface area contributed by atoms with E-state index in [1.807, 2.05) is 82.6 Å². The molecular weight excluding hydrogens is 776 g/mol. The number of carbonyl (C=O) groups excluding carboxylic acids is 3. The lowest BCUT2D eigenvalue weighted by molar-refractivity contribution is -0.192. The summed E-state index contributed by atoms with van der Waals surface area (Å²) in [7, 11) is 2.98. The van der Waals surface area contributed by atoms with Gasteiger partial charge in [0.25, 0.3) is 5.91 Å². The maximum Gasteiger partial charge on any atom is 0.490 e. The standard InChI is InChI=1S/C45H53N3O5.C2HF3O2/c1-52-42-18-14-35(15-19-42)29-43(49)48(31-36-12-16-38(17-13-36)45(51)53-2)32-37-8-4-9-39(28-37)40-10-5-11-41(30-40)44(50)47-26-22-34(23-27-47)7-3-6-33-20-24-46-25-21-33;3-2(4,5)1(6)7/h4-5,8-19,28,30,33-34,46H,3,6-7,20-27,29,31-32H2,1-2H3;(H,6,7). The Kier molecular flexibility index (Phi) is 16.7. The van der Waals surface area contributed by atoms with Crippen LogP contribution < -0.4 is 10.1 Å². The van der Waals surface area contributed by atoms with Gasteiger partial charge in [0.2, 0.25) is 5.91 Å². The number of ether oxygens (including phenoxy) is 2. The Morgan fingerprint density at radius 3 is 1.90 bits per heavy atom. The van der Waals surface area contributed by atoms with Gasteiger partial charge in [-0.3, -0.25) is 9.59 Å². The molecule has 4 aromatic carbocycles. The third-order valence-corrected chi connectivity index (χ3v) is 11.2. The zero-order valence-corrected chi connectivity index (χ0v) is 34.2. The molecule has 2 saturated heterocycles. The molecule has 0 aromatic heterocycles. The lowest BCUT2D eigenvalue weighted by atomic mass is 9.87. The lowest BCUT2D eigenvalue weighted by Gasteiger charge is -2.32. The highest BCUT2D eigenvalue weighted by molar-refractivity contribution is 5.95. The van der Waals surface area contributed by atoms with Gasteiger partial charge in [-0.25, -0.2) is 9.59 Å². The first-order valence-corrected chi connectivity index (χ1v) is 20.4. The summed E-state index contributed by atoms with van der Waals surface area (Å²) in [6.07, 6.45) is 3.90. The fourth-order valence-electron chi connectivity index (χ4n) is 7.72. The highest BCUT2D eigenvalue weighted by atomic mass is 19.4. The molecular formula is C47H54F3N3O7. The Labute approximate surface area is 349 Å². The Morgan fingerprint density at radius 1 is 0.733 bits per heavy atom. The second-order valence-electron chi connectivity index (χ2n) is 15.4. The van der Waals surface area contributed by atoms with Crippen molar-refractivity contribution in [3.05, 3.63) is 125 Å². The second kappa shape index (κ2) is 22.1. The van der Waals surface area contributed by atoms with Gasteiger partial charge in [0.1, 0.15) is 5.75 Å². The summed E-state index contributed by atoms with van der Waals surface area (Å²) in [5.41, 5.74) is 5.93. The van der Waals surface area contributed by atoms with Gasteiger partial charge in [0.15, 0.2) is 0 Å². The largest absolute Gasteiger partial charge is 0.497 e. The number of halogens is 3. The van der Waals surface area contributed by atoms with E-state index in [4.69, 9.17) is 19.4 Å². The number of nitrogens with zero attached hydrogens (tertiary/aromatic N) is 2. The summed E-state index contributed by atoms with van der Waals surface area (Å²) in [6.45, 7) is 4.75. The molecule has 2 N–H and O–H groups in total. The molecule has 2 heterocycles. The first-order chi connectivity index (χ1) is 28.8. The van der Waals surface area contributed by atoms with Gasteiger partial charge in [-0.15, -0.1) is 0 Å². The van der Waals surface area contributed by atoms with Gasteiger partial charge in [0, 0.05) is 31.7 Å². The molecule has 0 aliphatic carbocycles. The molecule has 6 rings (SSSR count). The molecule has 0 atom stereocenters. The van der Waals surface area contributed by atoms with Crippen molar-refractivity contribution in [2.45, 2.75) is 70.6 Å². The Morgan fingerprint density at radius 2 is 1.30 bits per heavy atom. The number of hydrogen-bond donors (Lipinski definition) is 2. The number of carboxylic acid groups (broad SMARTS) is 1. The van der Waals surface area contributed by atoms with Crippen LogP contribution in [0.2, 0.25) is 0 Å². The van der Waals surface area contributed by atoms with E-state index < -0.39 is 18.1 Å². The van der Waals surface area contributed by atoms with E-state index in [9.17, 15) is 27.6 Å². The minimum Gasteiger partial charge on any atom is -0.497 e. The first-order valence-electron chi connectivity index (χ1n) is 20.4. The summed E-state index contributed by atoms with van der Waals surface area (Å²) < 4.78 is 41.9. The van der Waals surface area contributed by atoms with Crippen molar-refractivity contribution in [3.63, 3.8) is 0 Å². The average Bonchev–Trinajstić information content (AvgIpc) is 3.27. The summed E-state index contributed by atoms with van der Waals surface area (Å²) in [4.78, 5) is 52.3. The van der Waals surface area contributed by atoms with Crippen molar-refractivity contribution < 1.29 is 46.9 Å². The molecule has 0 bridgehead atoms. The van der Waals surface area contributed by atoms with Crippen LogP contribution in [0.25, 0.3) is 11.1 Å². The van der Waals surface area contributed by atoms with Gasteiger partial charge in [-0.05, 0) is 121 Å².